The van der Waals surface area contributed by atoms with Crippen molar-refractivity contribution in [1.82, 2.24) is 4.98 Å². The van der Waals surface area contributed by atoms with Crippen LogP contribution in [0.3, 0.4) is 0 Å². The number of anilines is 2. The average molecular weight is 301 g/mol. The van der Waals surface area contributed by atoms with Crippen LogP contribution in [0.4, 0.5) is 24.8 Å². The lowest BCUT2D eigenvalue weighted by atomic mass is 10.1. The number of alkyl halides is 3. The van der Waals surface area contributed by atoms with Crippen LogP contribution < -0.4 is 10.6 Å². The van der Waals surface area contributed by atoms with Crippen molar-refractivity contribution in [2.45, 2.75) is 37.6 Å². The molecule has 1 aliphatic carbocycles. The molecule has 1 aromatic heterocycles. The van der Waals surface area contributed by atoms with E-state index < -0.39 is 11.7 Å². The molecule has 0 bridgehead atoms. The number of nitrogens with zero attached hydrogens (tertiary/aromatic N) is 1. The molecule has 116 valence electrons. The molecule has 2 aliphatic rings. The second-order valence-corrected chi connectivity index (χ2v) is 5.59. The first-order valence-electron chi connectivity index (χ1n) is 7.12. The Morgan fingerprint density at radius 2 is 1.90 bits per heavy atom. The Bertz CT molecular complexity index is 517. The van der Waals surface area contributed by atoms with Crippen LogP contribution in [-0.4, -0.2) is 30.8 Å². The molecule has 2 fully saturated rings. The standard InChI is InChI=1S/C14H18F3N3O/c1-18-11-6-9(14(15,16)17)7-12(20-11)19-10-4-5-21-13(10)8-2-3-8/h6-8,10,13H,2-5H2,1H3,(H2,18,19,20). The van der Waals surface area contributed by atoms with Crippen molar-refractivity contribution in [3.05, 3.63) is 17.7 Å². The summed E-state index contributed by atoms with van der Waals surface area (Å²) in [4.78, 5) is 4.17. The molecule has 1 saturated carbocycles. The molecule has 3 rings (SSSR count). The highest BCUT2D eigenvalue weighted by Crippen LogP contribution is 2.40. The van der Waals surface area contributed by atoms with E-state index in [1.807, 2.05) is 0 Å². The fourth-order valence-corrected chi connectivity index (χ4v) is 2.74. The maximum absolute atomic E-state index is 12.9. The molecule has 1 aliphatic heterocycles. The molecule has 2 heterocycles. The summed E-state index contributed by atoms with van der Waals surface area (Å²) < 4.78 is 44.4. The Morgan fingerprint density at radius 1 is 1.19 bits per heavy atom. The number of hydrogen-bond donors (Lipinski definition) is 2. The first kappa shape index (κ1) is 14.4. The minimum Gasteiger partial charge on any atom is -0.376 e. The van der Waals surface area contributed by atoms with Gasteiger partial charge in [0.2, 0.25) is 0 Å². The van der Waals surface area contributed by atoms with Crippen LogP contribution >= 0.6 is 0 Å². The fourth-order valence-electron chi connectivity index (χ4n) is 2.74. The number of halogens is 3. The number of rotatable bonds is 4. The summed E-state index contributed by atoms with van der Waals surface area (Å²) in [5, 5.41) is 5.79. The first-order valence-corrected chi connectivity index (χ1v) is 7.12. The summed E-state index contributed by atoms with van der Waals surface area (Å²) in [6, 6.07) is 2.11. The molecule has 2 N–H and O–H groups in total. The van der Waals surface area contributed by atoms with Gasteiger partial charge in [0.25, 0.3) is 0 Å². The molecular weight excluding hydrogens is 283 g/mol. The molecule has 0 aromatic carbocycles. The number of nitrogens with one attached hydrogen (secondary N) is 2. The predicted octanol–water partition coefficient (Wildman–Crippen LogP) is 3.12. The highest BCUT2D eigenvalue weighted by molar-refractivity contribution is 5.50. The minimum atomic E-state index is -4.38. The fraction of sp³-hybridized carbons (Fsp3) is 0.643. The average Bonchev–Trinajstić information content (AvgIpc) is 3.18. The van der Waals surface area contributed by atoms with Crippen LogP contribution in [0.15, 0.2) is 12.1 Å². The van der Waals surface area contributed by atoms with E-state index >= 15 is 0 Å². The maximum atomic E-state index is 12.9. The summed E-state index contributed by atoms with van der Waals surface area (Å²) in [5.41, 5.74) is -0.703. The largest absolute Gasteiger partial charge is 0.416 e. The quantitative estimate of drug-likeness (QED) is 0.897. The number of ether oxygens (including phenoxy) is 1. The molecule has 0 spiro atoms. The third-order valence-electron chi connectivity index (χ3n) is 3.96. The second kappa shape index (κ2) is 5.36. The molecule has 21 heavy (non-hydrogen) atoms. The van der Waals surface area contributed by atoms with Crippen LogP contribution in [0.2, 0.25) is 0 Å². The van der Waals surface area contributed by atoms with Gasteiger partial charge in [-0.05, 0) is 37.3 Å². The highest BCUT2D eigenvalue weighted by Gasteiger charge is 2.41. The van der Waals surface area contributed by atoms with Gasteiger partial charge in [0.1, 0.15) is 11.6 Å². The Kier molecular flexibility index (Phi) is 3.69. The number of aromatic nitrogens is 1. The molecule has 2 atom stereocenters. The van der Waals surface area contributed by atoms with E-state index in [2.05, 4.69) is 15.6 Å². The van der Waals surface area contributed by atoms with Gasteiger partial charge in [0.15, 0.2) is 0 Å². The van der Waals surface area contributed by atoms with Crippen molar-refractivity contribution < 1.29 is 17.9 Å². The zero-order valence-corrected chi connectivity index (χ0v) is 11.7. The van der Waals surface area contributed by atoms with Gasteiger partial charge in [0, 0.05) is 13.7 Å². The van der Waals surface area contributed by atoms with Gasteiger partial charge in [-0.3, -0.25) is 0 Å². The summed E-state index contributed by atoms with van der Waals surface area (Å²) in [7, 11) is 1.55. The molecule has 0 radical (unpaired) electrons. The highest BCUT2D eigenvalue weighted by atomic mass is 19.4. The van der Waals surface area contributed by atoms with E-state index in [0.717, 1.165) is 31.4 Å². The van der Waals surface area contributed by atoms with Crippen molar-refractivity contribution in [2.75, 3.05) is 24.3 Å². The van der Waals surface area contributed by atoms with Crippen molar-refractivity contribution >= 4 is 11.6 Å². The van der Waals surface area contributed by atoms with E-state index in [1.54, 1.807) is 7.05 Å². The zero-order valence-electron chi connectivity index (χ0n) is 11.7. The van der Waals surface area contributed by atoms with Crippen molar-refractivity contribution in [3.63, 3.8) is 0 Å². The Labute approximate surface area is 121 Å². The van der Waals surface area contributed by atoms with Crippen LogP contribution in [-0.2, 0) is 10.9 Å². The Balaban J connectivity index is 1.80. The second-order valence-electron chi connectivity index (χ2n) is 5.59. The first-order chi connectivity index (χ1) is 9.97. The van der Waals surface area contributed by atoms with Gasteiger partial charge in [-0.1, -0.05) is 0 Å². The van der Waals surface area contributed by atoms with Gasteiger partial charge in [-0.25, -0.2) is 4.98 Å². The monoisotopic (exact) mass is 301 g/mol. The Morgan fingerprint density at radius 3 is 2.52 bits per heavy atom. The molecule has 1 saturated heterocycles. The Hall–Kier alpha value is -1.50. The summed E-state index contributed by atoms with van der Waals surface area (Å²) in [6.45, 7) is 0.649. The van der Waals surface area contributed by atoms with Gasteiger partial charge in [-0.2, -0.15) is 13.2 Å². The van der Waals surface area contributed by atoms with Crippen molar-refractivity contribution in [3.8, 4) is 0 Å². The third-order valence-corrected chi connectivity index (χ3v) is 3.96. The summed E-state index contributed by atoms with van der Waals surface area (Å²) >= 11 is 0. The van der Waals surface area contributed by atoms with Crippen LogP contribution in [0.5, 0.6) is 0 Å². The van der Waals surface area contributed by atoms with E-state index in [4.69, 9.17) is 4.74 Å². The summed E-state index contributed by atoms with van der Waals surface area (Å²) in [5.74, 6) is 0.990. The molecule has 4 nitrogen and oxygen atoms in total. The molecule has 0 amide bonds. The lowest BCUT2D eigenvalue weighted by molar-refractivity contribution is -0.137. The van der Waals surface area contributed by atoms with E-state index in [1.165, 1.54) is 0 Å². The van der Waals surface area contributed by atoms with Gasteiger partial charge in [0.05, 0.1) is 17.7 Å². The van der Waals surface area contributed by atoms with Crippen molar-refractivity contribution in [1.29, 1.82) is 0 Å². The normalized spacial score (nSPS) is 25.9. The SMILES string of the molecule is CNc1cc(C(F)(F)F)cc(NC2CCOC2C2CC2)n1. The van der Waals surface area contributed by atoms with Crippen molar-refractivity contribution in [2.24, 2.45) is 5.92 Å². The van der Waals surface area contributed by atoms with Gasteiger partial charge < -0.3 is 15.4 Å². The topological polar surface area (TPSA) is 46.2 Å². The van der Waals surface area contributed by atoms with E-state index in [0.29, 0.717) is 12.5 Å². The number of hydrogen-bond acceptors (Lipinski definition) is 4. The predicted molar refractivity (Wildman–Crippen MR) is 73.3 cm³/mol. The third kappa shape index (κ3) is 3.23. The molecule has 1 aromatic rings. The lowest BCUT2D eigenvalue weighted by Crippen LogP contribution is -2.31. The minimum absolute atomic E-state index is 0.0400. The van der Waals surface area contributed by atoms with Gasteiger partial charge in [-0.15, -0.1) is 0 Å². The van der Waals surface area contributed by atoms with Crippen LogP contribution in [0.25, 0.3) is 0 Å². The van der Waals surface area contributed by atoms with Gasteiger partial charge >= 0.3 is 6.18 Å². The number of pyridine rings is 1. The van der Waals surface area contributed by atoms with E-state index in [-0.39, 0.29) is 23.8 Å². The molecular formula is C14H18F3N3O. The van der Waals surface area contributed by atoms with E-state index in [9.17, 15) is 13.2 Å². The zero-order chi connectivity index (χ0) is 15.0. The van der Waals surface area contributed by atoms with Crippen LogP contribution in [0.1, 0.15) is 24.8 Å². The smallest absolute Gasteiger partial charge is 0.376 e. The molecule has 7 heteroatoms. The molecule has 2 unspecified atom stereocenters. The lowest BCUT2D eigenvalue weighted by Gasteiger charge is -2.21. The maximum Gasteiger partial charge on any atom is 0.416 e. The van der Waals surface area contributed by atoms with Crippen LogP contribution in [0, 0.1) is 5.92 Å². The summed E-state index contributed by atoms with van der Waals surface area (Å²) in [6.07, 6.45) is -1.21.